The van der Waals surface area contributed by atoms with E-state index in [2.05, 4.69) is 10.6 Å². The molecule has 1 heterocycles. The summed E-state index contributed by atoms with van der Waals surface area (Å²) in [6.07, 6.45) is 0. The van der Waals surface area contributed by atoms with Crippen LogP contribution in [0.15, 0.2) is 59.0 Å². The molecule has 2 amide bonds. The number of hydrogen-bond acceptors (Lipinski definition) is 3. The molecule has 2 N–H and O–H groups in total. The average Bonchev–Trinajstić information content (AvgIpc) is 3.10. The van der Waals surface area contributed by atoms with Gasteiger partial charge in [0.05, 0.1) is 6.04 Å². The van der Waals surface area contributed by atoms with E-state index in [-0.39, 0.29) is 23.8 Å². The van der Waals surface area contributed by atoms with Crippen molar-refractivity contribution in [3.8, 4) is 0 Å². The number of benzene rings is 2. The quantitative estimate of drug-likeness (QED) is 0.631. The minimum atomic E-state index is -0.671. The van der Waals surface area contributed by atoms with Gasteiger partial charge >= 0.3 is 0 Å². The van der Waals surface area contributed by atoms with Gasteiger partial charge in [-0.25, -0.2) is 0 Å². The fraction of sp³-hybridized carbons (Fsp3) is 0.273. The fourth-order valence-electron chi connectivity index (χ4n) is 2.95. The molecule has 0 radical (unpaired) electrons. The first-order valence-corrected chi connectivity index (χ1v) is 9.58. The number of para-hydroxylation sites is 1. The van der Waals surface area contributed by atoms with Crippen molar-refractivity contribution in [1.29, 1.82) is 0 Å². The van der Waals surface area contributed by atoms with Crippen LogP contribution in [0.1, 0.15) is 42.9 Å². The summed E-state index contributed by atoms with van der Waals surface area (Å²) in [4.78, 5) is 25.3. The Hall–Kier alpha value is -2.79. The Labute approximate surface area is 169 Å². The molecule has 5 nitrogen and oxygen atoms in total. The Morgan fingerprint density at radius 3 is 2.29 bits per heavy atom. The predicted octanol–water partition coefficient (Wildman–Crippen LogP) is 4.72. The molecule has 0 aliphatic rings. The average molecular weight is 399 g/mol. The summed E-state index contributed by atoms with van der Waals surface area (Å²) in [6, 6.07) is 15.1. The molecule has 3 aromatic rings. The van der Waals surface area contributed by atoms with Gasteiger partial charge < -0.3 is 15.1 Å². The molecular formula is C22H23ClN2O3. The third-order valence-electron chi connectivity index (χ3n) is 4.57. The molecule has 0 fully saturated rings. The van der Waals surface area contributed by atoms with Crippen LogP contribution < -0.4 is 10.6 Å². The van der Waals surface area contributed by atoms with Gasteiger partial charge in [-0.2, -0.15) is 0 Å². The van der Waals surface area contributed by atoms with Crippen molar-refractivity contribution in [3.05, 3.63) is 70.9 Å². The summed E-state index contributed by atoms with van der Waals surface area (Å²) in [5.74, 6) is 0.00684. The van der Waals surface area contributed by atoms with E-state index in [1.807, 2.05) is 51.1 Å². The lowest BCUT2D eigenvalue weighted by atomic mass is 10.0. The Bertz CT molecular complexity index is 946. The number of hydrogen-bond donors (Lipinski definition) is 2. The van der Waals surface area contributed by atoms with Crippen LogP contribution in [0, 0.1) is 5.92 Å². The highest BCUT2D eigenvalue weighted by atomic mass is 35.5. The van der Waals surface area contributed by atoms with Crippen molar-refractivity contribution in [3.63, 3.8) is 0 Å². The second-order valence-corrected chi connectivity index (χ2v) is 7.56. The highest BCUT2D eigenvalue weighted by Gasteiger charge is 2.26. The van der Waals surface area contributed by atoms with Crippen molar-refractivity contribution < 1.29 is 14.0 Å². The van der Waals surface area contributed by atoms with Gasteiger partial charge in [0, 0.05) is 16.0 Å². The van der Waals surface area contributed by atoms with Crippen LogP contribution in [0.2, 0.25) is 5.02 Å². The third-order valence-corrected chi connectivity index (χ3v) is 4.82. The van der Waals surface area contributed by atoms with Crippen LogP contribution >= 0.6 is 11.6 Å². The zero-order chi connectivity index (χ0) is 20.3. The summed E-state index contributed by atoms with van der Waals surface area (Å²) in [6.45, 7) is 5.63. The van der Waals surface area contributed by atoms with Crippen LogP contribution in [0.3, 0.4) is 0 Å². The Morgan fingerprint density at radius 1 is 0.964 bits per heavy atom. The molecule has 28 heavy (non-hydrogen) atoms. The van der Waals surface area contributed by atoms with E-state index in [0.717, 1.165) is 11.0 Å². The van der Waals surface area contributed by atoms with E-state index in [0.29, 0.717) is 16.3 Å². The molecule has 2 atom stereocenters. The summed E-state index contributed by atoms with van der Waals surface area (Å²) in [5.41, 5.74) is 1.23. The lowest BCUT2D eigenvalue weighted by Gasteiger charge is -2.23. The maximum Gasteiger partial charge on any atom is 0.251 e. The highest BCUT2D eigenvalue weighted by Crippen LogP contribution is 2.23. The number of rotatable bonds is 6. The van der Waals surface area contributed by atoms with Crippen LogP contribution in [0.25, 0.3) is 11.0 Å². The molecule has 0 saturated carbocycles. The van der Waals surface area contributed by atoms with Crippen molar-refractivity contribution >= 4 is 34.4 Å². The lowest BCUT2D eigenvalue weighted by Crippen LogP contribution is -2.50. The van der Waals surface area contributed by atoms with Gasteiger partial charge in [-0.1, -0.05) is 43.6 Å². The van der Waals surface area contributed by atoms with Gasteiger partial charge in [0.25, 0.3) is 5.91 Å². The molecule has 3 rings (SSSR count). The van der Waals surface area contributed by atoms with E-state index in [1.165, 1.54) is 0 Å². The summed E-state index contributed by atoms with van der Waals surface area (Å²) >= 11 is 5.86. The molecule has 1 unspecified atom stereocenters. The molecule has 0 saturated heterocycles. The number of amides is 2. The molecule has 6 heteroatoms. The standard InChI is InChI=1S/C22H23ClN2O3/c1-13(2)20(25-21(26)15-8-10-17(23)11-9-15)22(27)24-14(3)19-12-16-6-4-5-7-18(16)28-19/h4-14,20H,1-3H3,(H,24,27)(H,25,26)/t14?,20-/m0/s1. The van der Waals surface area contributed by atoms with E-state index in [4.69, 9.17) is 16.0 Å². The number of carbonyl (C=O) groups is 2. The first-order chi connectivity index (χ1) is 13.3. The normalized spacial score (nSPS) is 13.3. The van der Waals surface area contributed by atoms with Crippen molar-refractivity contribution in [2.45, 2.75) is 32.9 Å². The van der Waals surface area contributed by atoms with Gasteiger partial charge in [0.2, 0.25) is 5.91 Å². The van der Waals surface area contributed by atoms with E-state index in [9.17, 15) is 9.59 Å². The topological polar surface area (TPSA) is 71.3 Å². The third kappa shape index (κ3) is 4.54. The van der Waals surface area contributed by atoms with Crippen LogP contribution in [-0.2, 0) is 4.79 Å². The molecule has 146 valence electrons. The number of halogens is 1. The van der Waals surface area contributed by atoms with E-state index < -0.39 is 6.04 Å². The second kappa shape index (κ2) is 8.48. The lowest BCUT2D eigenvalue weighted by molar-refractivity contribution is -0.124. The van der Waals surface area contributed by atoms with Crippen molar-refractivity contribution in [2.75, 3.05) is 0 Å². The molecular weight excluding hydrogens is 376 g/mol. The first kappa shape index (κ1) is 20.0. The van der Waals surface area contributed by atoms with Crippen LogP contribution in [0.5, 0.6) is 0 Å². The summed E-state index contributed by atoms with van der Waals surface area (Å²) < 4.78 is 5.82. The number of fused-ring (bicyclic) bond motifs is 1. The molecule has 0 aliphatic heterocycles. The van der Waals surface area contributed by atoms with Crippen molar-refractivity contribution in [1.82, 2.24) is 10.6 Å². The van der Waals surface area contributed by atoms with Gasteiger partial charge in [-0.15, -0.1) is 0 Å². The van der Waals surface area contributed by atoms with Crippen LogP contribution in [0.4, 0.5) is 0 Å². The fourth-order valence-corrected chi connectivity index (χ4v) is 3.08. The SMILES string of the molecule is CC(NC(=O)[C@@H](NC(=O)c1ccc(Cl)cc1)C(C)C)c1cc2ccccc2o1. The minimum Gasteiger partial charge on any atom is -0.459 e. The number of nitrogens with one attached hydrogen (secondary N) is 2. The zero-order valence-corrected chi connectivity index (χ0v) is 16.8. The monoisotopic (exact) mass is 398 g/mol. The molecule has 1 aromatic heterocycles. The van der Waals surface area contributed by atoms with E-state index >= 15 is 0 Å². The summed E-state index contributed by atoms with van der Waals surface area (Å²) in [7, 11) is 0. The van der Waals surface area contributed by atoms with Gasteiger partial charge in [-0.05, 0) is 49.2 Å². The zero-order valence-electron chi connectivity index (χ0n) is 16.0. The Morgan fingerprint density at radius 2 is 1.64 bits per heavy atom. The Kier molecular flexibility index (Phi) is 6.05. The van der Waals surface area contributed by atoms with Crippen LogP contribution in [-0.4, -0.2) is 17.9 Å². The maximum absolute atomic E-state index is 12.8. The molecule has 2 aromatic carbocycles. The Balaban J connectivity index is 1.69. The van der Waals surface area contributed by atoms with E-state index in [1.54, 1.807) is 24.3 Å². The number of furan rings is 1. The predicted molar refractivity (Wildman–Crippen MR) is 110 cm³/mol. The number of carbonyl (C=O) groups excluding carboxylic acids is 2. The maximum atomic E-state index is 12.8. The second-order valence-electron chi connectivity index (χ2n) is 7.12. The molecule has 0 bridgehead atoms. The van der Waals surface area contributed by atoms with Gasteiger partial charge in [0.15, 0.2) is 0 Å². The summed E-state index contributed by atoms with van der Waals surface area (Å²) in [5, 5.41) is 7.28. The minimum absolute atomic E-state index is 0.0841. The first-order valence-electron chi connectivity index (χ1n) is 9.20. The van der Waals surface area contributed by atoms with Gasteiger partial charge in [0.1, 0.15) is 17.4 Å². The molecule has 0 aliphatic carbocycles. The largest absolute Gasteiger partial charge is 0.459 e. The van der Waals surface area contributed by atoms with Crippen molar-refractivity contribution in [2.24, 2.45) is 5.92 Å². The highest BCUT2D eigenvalue weighted by molar-refractivity contribution is 6.30. The van der Waals surface area contributed by atoms with Gasteiger partial charge in [-0.3, -0.25) is 9.59 Å². The smallest absolute Gasteiger partial charge is 0.251 e. The molecule has 0 spiro atoms.